The quantitative estimate of drug-likeness (QED) is 0.672. The molecule has 0 radical (unpaired) electrons. The van der Waals surface area contributed by atoms with Crippen LogP contribution in [-0.4, -0.2) is 43.4 Å². The van der Waals surface area contributed by atoms with Crippen molar-refractivity contribution in [3.63, 3.8) is 0 Å². The molecule has 0 bridgehead atoms. The number of nitrogens with zero attached hydrogens (tertiary/aromatic N) is 1. The molecule has 0 saturated carbocycles. The minimum absolute atomic E-state index is 0.0620. The number of benzene rings is 1. The van der Waals surface area contributed by atoms with E-state index >= 15 is 0 Å². The van der Waals surface area contributed by atoms with Crippen molar-refractivity contribution in [1.29, 1.82) is 0 Å². The highest BCUT2D eigenvalue weighted by molar-refractivity contribution is 5.94. The van der Waals surface area contributed by atoms with Crippen molar-refractivity contribution in [1.82, 2.24) is 0 Å². The van der Waals surface area contributed by atoms with Gasteiger partial charge in [-0.3, -0.25) is 14.4 Å². The van der Waals surface area contributed by atoms with Crippen molar-refractivity contribution in [2.75, 3.05) is 24.7 Å². The minimum atomic E-state index is -0.527. The summed E-state index contributed by atoms with van der Waals surface area (Å²) < 4.78 is 9.52. The lowest BCUT2D eigenvalue weighted by atomic mass is 10.2. The van der Waals surface area contributed by atoms with Crippen molar-refractivity contribution < 1.29 is 28.7 Å². The fraction of sp³-hybridized carbons (Fsp3) is 0.412. The van der Waals surface area contributed by atoms with Crippen LogP contribution < -0.4 is 4.90 Å². The van der Waals surface area contributed by atoms with E-state index < -0.39 is 11.9 Å². The maximum atomic E-state index is 11.8. The Hall–Kier alpha value is -2.70. The number of anilines is 1. The molecular formula is C17H21NO6. The van der Waals surface area contributed by atoms with E-state index in [1.807, 2.05) is 0 Å². The van der Waals surface area contributed by atoms with Gasteiger partial charge in [-0.1, -0.05) is 0 Å². The Bertz CT molecular complexity index is 608. The highest BCUT2D eigenvalue weighted by Crippen LogP contribution is 2.17. The molecule has 0 aliphatic rings. The summed E-state index contributed by atoms with van der Waals surface area (Å²) in [5.41, 5.74) is 0.950. The van der Waals surface area contributed by atoms with Gasteiger partial charge in [0.05, 0.1) is 12.2 Å². The summed E-state index contributed by atoms with van der Waals surface area (Å²) in [6.07, 6.45) is 0.0620. The van der Waals surface area contributed by atoms with Gasteiger partial charge >= 0.3 is 11.9 Å². The van der Waals surface area contributed by atoms with Crippen molar-refractivity contribution in [3.05, 3.63) is 29.8 Å². The average molecular weight is 335 g/mol. The van der Waals surface area contributed by atoms with E-state index in [2.05, 4.69) is 4.74 Å². The van der Waals surface area contributed by atoms with Crippen molar-refractivity contribution in [3.8, 4) is 0 Å². The highest BCUT2D eigenvalue weighted by Gasteiger charge is 2.15. The number of esters is 2. The topological polar surface area (TPSA) is 90.0 Å². The molecule has 0 aliphatic heterocycles. The maximum Gasteiger partial charge on any atom is 0.338 e. The Kier molecular flexibility index (Phi) is 7.61. The number of rotatable bonds is 8. The molecule has 0 N–H and O–H groups in total. The second-order valence-electron chi connectivity index (χ2n) is 5.01. The van der Waals surface area contributed by atoms with Crippen LogP contribution in [0.3, 0.4) is 0 Å². The van der Waals surface area contributed by atoms with Crippen LogP contribution in [0, 0.1) is 0 Å². The maximum absolute atomic E-state index is 11.8. The summed E-state index contributed by atoms with van der Waals surface area (Å²) in [7, 11) is 0. The first kappa shape index (κ1) is 19.3. The molecule has 0 fully saturated rings. The van der Waals surface area contributed by atoms with Crippen molar-refractivity contribution in [2.45, 2.75) is 27.2 Å². The fourth-order valence-corrected chi connectivity index (χ4v) is 1.95. The van der Waals surface area contributed by atoms with Crippen LogP contribution in [0.5, 0.6) is 0 Å². The Morgan fingerprint density at radius 2 is 1.62 bits per heavy atom. The Labute approximate surface area is 140 Å². The lowest BCUT2D eigenvalue weighted by molar-refractivity contribution is -0.145. The number of Topliss-reactive ketones (excluding diaryl/α,β-unsaturated/α-hetero) is 1. The largest absolute Gasteiger partial charge is 0.462 e. The lowest BCUT2D eigenvalue weighted by Crippen LogP contribution is -2.31. The third-order valence-corrected chi connectivity index (χ3v) is 3.12. The molecule has 7 heteroatoms. The highest BCUT2D eigenvalue weighted by atomic mass is 16.5. The molecule has 0 saturated heterocycles. The molecule has 1 amide bonds. The number of hydrogen-bond donors (Lipinski definition) is 0. The molecule has 0 spiro atoms. The zero-order valence-electron chi connectivity index (χ0n) is 14.0. The molecule has 1 aromatic rings. The summed E-state index contributed by atoms with van der Waals surface area (Å²) >= 11 is 0. The SMILES string of the molecule is CCOC(=O)c1ccc(N(CCC(=O)COC(C)=O)C(C)=O)cc1. The number of ether oxygens (including phenoxy) is 2. The van der Waals surface area contributed by atoms with Gasteiger partial charge in [0.15, 0.2) is 5.78 Å². The minimum Gasteiger partial charge on any atom is -0.462 e. The molecule has 1 rings (SSSR count). The standard InChI is InChI=1S/C17H21NO6/c1-4-23-17(22)14-5-7-15(8-6-14)18(12(2)19)10-9-16(21)11-24-13(3)20/h5-8H,4,9-11H2,1-3H3. The van der Waals surface area contributed by atoms with Gasteiger partial charge in [-0.05, 0) is 31.2 Å². The molecule has 130 valence electrons. The summed E-state index contributed by atoms with van der Waals surface area (Å²) in [5.74, 6) is -1.48. The van der Waals surface area contributed by atoms with E-state index in [1.54, 1.807) is 31.2 Å². The second kappa shape index (κ2) is 9.44. The van der Waals surface area contributed by atoms with E-state index in [0.29, 0.717) is 11.3 Å². The molecule has 0 unspecified atom stereocenters. The van der Waals surface area contributed by atoms with Crippen LogP contribution in [-0.2, 0) is 23.9 Å². The number of amides is 1. The molecule has 7 nitrogen and oxygen atoms in total. The van der Waals surface area contributed by atoms with Crippen LogP contribution in [0.25, 0.3) is 0 Å². The Morgan fingerprint density at radius 3 is 2.12 bits per heavy atom. The Morgan fingerprint density at radius 1 is 1.00 bits per heavy atom. The van der Waals surface area contributed by atoms with Crippen LogP contribution in [0.1, 0.15) is 37.6 Å². The molecule has 0 aliphatic carbocycles. The van der Waals surface area contributed by atoms with Crippen molar-refractivity contribution >= 4 is 29.3 Å². The molecule has 0 aromatic heterocycles. The van der Waals surface area contributed by atoms with Crippen LogP contribution in [0.4, 0.5) is 5.69 Å². The van der Waals surface area contributed by atoms with Crippen molar-refractivity contribution in [2.24, 2.45) is 0 Å². The predicted molar refractivity (Wildman–Crippen MR) is 86.7 cm³/mol. The third kappa shape index (κ3) is 6.20. The fourth-order valence-electron chi connectivity index (χ4n) is 1.95. The first-order chi connectivity index (χ1) is 11.3. The smallest absolute Gasteiger partial charge is 0.338 e. The average Bonchev–Trinajstić information content (AvgIpc) is 2.53. The molecule has 0 atom stereocenters. The molecule has 1 aromatic carbocycles. The van der Waals surface area contributed by atoms with Gasteiger partial charge in [0.2, 0.25) is 5.91 Å². The normalized spacial score (nSPS) is 9.96. The lowest BCUT2D eigenvalue weighted by Gasteiger charge is -2.21. The zero-order chi connectivity index (χ0) is 18.1. The first-order valence-corrected chi connectivity index (χ1v) is 7.55. The van der Waals surface area contributed by atoms with E-state index in [4.69, 9.17) is 4.74 Å². The Balaban J connectivity index is 2.71. The molecule has 0 heterocycles. The molecule has 24 heavy (non-hydrogen) atoms. The van der Waals surface area contributed by atoms with E-state index in [0.717, 1.165) is 0 Å². The third-order valence-electron chi connectivity index (χ3n) is 3.12. The second-order valence-corrected chi connectivity index (χ2v) is 5.01. The van der Waals surface area contributed by atoms with Crippen LogP contribution in [0.15, 0.2) is 24.3 Å². The van der Waals surface area contributed by atoms with Gasteiger partial charge in [-0.15, -0.1) is 0 Å². The van der Waals surface area contributed by atoms with E-state index in [9.17, 15) is 19.2 Å². The summed E-state index contributed by atoms with van der Waals surface area (Å²) in [5, 5.41) is 0. The number of hydrogen-bond acceptors (Lipinski definition) is 6. The van der Waals surface area contributed by atoms with Gasteiger partial charge in [-0.2, -0.15) is 0 Å². The van der Waals surface area contributed by atoms with Crippen LogP contribution >= 0.6 is 0 Å². The number of carbonyl (C=O) groups excluding carboxylic acids is 4. The number of ketones is 1. The van der Waals surface area contributed by atoms with Gasteiger partial charge in [-0.25, -0.2) is 4.79 Å². The zero-order valence-corrected chi connectivity index (χ0v) is 14.0. The van der Waals surface area contributed by atoms with E-state index in [-0.39, 0.29) is 37.9 Å². The first-order valence-electron chi connectivity index (χ1n) is 7.55. The van der Waals surface area contributed by atoms with Gasteiger partial charge in [0, 0.05) is 32.5 Å². The van der Waals surface area contributed by atoms with Gasteiger partial charge in [0.1, 0.15) is 6.61 Å². The number of carbonyl (C=O) groups is 4. The van der Waals surface area contributed by atoms with Crippen LogP contribution in [0.2, 0.25) is 0 Å². The van der Waals surface area contributed by atoms with E-state index in [1.165, 1.54) is 18.7 Å². The predicted octanol–water partition coefficient (Wildman–Crippen LogP) is 1.74. The summed E-state index contributed by atoms with van der Waals surface area (Å²) in [6.45, 7) is 4.47. The molecular weight excluding hydrogens is 314 g/mol. The summed E-state index contributed by atoms with van der Waals surface area (Å²) in [4.78, 5) is 47.1. The monoisotopic (exact) mass is 335 g/mol. The van der Waals surface area contributed by atoms with Gasteiger partial charge in [0.25, 0.3) is 0 Å². The van der Waals surface area contributed by atoms with Gasteiger partial charge < -0.3 is 14.4 Å². The summed E-state index contributed by atoms with van der Waals surface area (Å²) in [6, 6.07) is 6.35.